The minimum atomic E-state index is -0.273. The second-order valence-electron chi connectivity index (χ2n) is 3.21. The van der Waals surface area contributed by atoms with Gasteiger partial charge in [0.25, 0.3) is 0 Å². The zero-order valence-electron chi connectivity index (χ0n) is 8.40. The van der Waals surface area contributed by atoms with Crippen molar-refractivity contribution in [3.8, 4) is 11.5 Å². The SMILES string of the molecule is COc1ccc(O)c2c(=O)c[13c](C)oc12. The van der Waals surface area contributed by atoms with Gasteiger partial charge in [-0.25, -0.2) is 0 Å². The molecule has 15 heavy (non-hydrogen) atoms. The first-order chi connectivity index (χ1) is 7.13. The van der Waals surface area contributed by atoms with E-state index in [9.17, 15) is 9.90 Å². The number of hydrogen-bond donors (Lipinski definition) is 1. The maximum Gasteiger partial charge on any atom is 0.196 e. The van der Waals surface area contributed by atoms with Crippen LogP contribution >= 0.6 is 0 Å². The van der Waals surface area contributed by atoms with Crippen molar-refractivity contribution in [1.29, 1.82) is 0 Å². The third kappa shape index (κ3) is 1.44. The Morgan fingerprint density at radius 3 is 2.80 bits per heavy atom. The van der Waals surface area contributed by atoms with Crippen molar-refractivity contribution in [2.75, 3.05) is 7.11 Å². The third-order valence-corrected chi connectivity index (χ3v) is 2.16. The number of hydrogen-bond acceptors (Lipinski definition) is 4. The average molecular weight is 207 g/mol. The number of aromatic hydroxyl groups is 1. The molecule has 0 fully saturated rings. The Morgan fingerprint density at radius 1 is 1.40 bits per heavy atom. The molecule has 0 aliphatic rings. The summed E-state index contributed by atoms with van der Waals surface area (Å²) in [5, 5.41) is 9.70. The standard InChI is InChI=1S/C11H10O4/c1-6-5-8(13)10-7(12)3-4-9(14-2)11(10)15-6/h3-5,12H,1-2H3/i6+1. The van der Waals surface area contributed by atoms with Gasteiger partial charge in [-0.15, -0.1) is 0 Å². The molecule has 4 nitrogen and oxygen atoms in total. The molecule has 0 unspecified atom stereocenters. The molecule has 1 aromatic heterocycles. The van der Waals surface area contributed by atoms with E-state index in [1.54, 1.807) is 13.0 Å². The van der Waals surface area contributed by atoms with E-state index < -0.39 is 0 Å². The predicted octanol–water partition coefficient (Wildman–Crippen LogP) is 1.82. The minimum absolute atomic E-state index is 0.0976. The summed E-state index contributed by atoms with van der Waals surface area (Å²) in [4.78, 5) is 11.6. The second-order valence-corrected chi connectivity index (χ2v) is 3.21. The highest BCUT2D eigenvalue weighted by Crippen LogP contribution is 2.30. The van der Waals surface area contributed by atoms with E-state index in [-0.39, 0.29) is 22.1 Å². The zero-order valence-corrected chi connectivity index (χ0v) is 8.40. The van der Waals surface area contributed by atoms with Crippen molar-refractivity contribution in [2.24, 2.45) is 0 Å². The molecule has 2 aromatic rings. The van der Waals surface area contributed by atoms with Gasteiger partial charge in [0.2, 0.25) is 0 Å². The molecule has 0 saturated carbocycles. The second kappa shape index (κ2) is 3.31. The Bertz CT molecular complexity index is 569. The maximum absolute atomic E-state index is 11.6. The van der Waals surface area contributed by atoms with Crippen LogP contribution in [-0.2, 0) is 0 Å². The molecule has 1 heterocycles. The van der Waals surface area contributed by atoms with E-state index >= 15 is 0 Å². The van der Waals surface area contributed by atoms with E-state index in [4.69, 9.17) is 9.15 Å². The number of phenols is 1. The topological polar surface area (TPSA) is 59.7 Å². The molecular formula is C11H10O4. The van der Waals surface area contributed by atoms with Gasteiger partial charge in [0, 0.05) is 6.07 Å². The Morgan fingerprint density at radius 2 is 2.13 bits per heavy atom. The molecule has 0 amide bonds. The highest BCUT2D eigenvalue weighted by atomic mass is 16.5. The lowest BCUT2D eigenvalue weighted by Gasteiger charge is -2.05. The van der Waals surface area contributed by atoms with Crippen molar-refractivity contribution in [1.82, 2.24) is 0 Å². The van der Waals surface area contributed by atoms with E-state index in [0.717, 1.165) is 0 Å². The van der Waals surface area contributed by atoms with Crippen LogP contribution in [-0.4, -0.2) is 12.2 Å². The average Bonchev–Trinajstić information content (AvgIpc) is 2.17. The molecule has 2 rings (SSSR count). The van der Waals surface area contributed by atoms with E-state index in [1.807, 2.05) is 0 Å². The molecule has 0 radical (unpaired) electrons. The van der Waals surface area contributed by atoms with Gasteiger partial charge >= 0.3 is 0 Å². The van der Waals surface area contributed by atoms with Gasteiger partial charge in [-0.1, -0.05) is 0 Å². The molecule has 78 valence electrons. The molecule has 0 aliphatic heterocycles. The first kappa shape index (κ1) is 9.58. The predicted molar refractivity (Wildman–Crippen MR) is 55.4 cm³/mol. The van der Waals surface area contributed by atoms with Crippen LogP contribution in [0.2, 0.25) is 0 Å². The summed E-state index contributed by atoms with van der Waals surface area (Å²) in [5.41, 5.74) is 0.00708. The van der Waals surface area contributed by atoms with Crippen molar-refractivity contribution >= 4 is 11.0 Å². The van der Waals surface area contributed by atoms with Crippen molar-refractivity contribution in [3.63, 3.8) is 0 Å². The molecule has 0 spiro atoms. The minimum Gasteiger partial charge on any atom is -0.507 e. The summed E-state index contributed by atoms with van der Waals surface area (Å²) < 4.78 is 10.4. The molecule has 0 atom stereocenters. The molecule has 1 N–H and O–H groups in total. The zero-order chi connectivity index (χ0) is 11.0. The molecular weight excluding hydrogens is 197 g/mol. The van der Waals surface area contributed by atoms with Crippen LogP contribution in [0.5, 0.6) is 11.5 Å². The number of methoxy groups -OCH3 is 1. The number of benzene rings is 1. The summed E-state index contributed by atoms with van der Waals surface area (Å²) in [6.07, 6.45) is 0. The van der Waals surface area contributed by atoms with E-state index in [1.165, 1.54) is 19.2 Å². The number of ether oxygens (including phenoxy) is 1. The Hall–Kier alpha value is -1.97. The first-order valence-corrected chi connectivity index (χ1v) is 4.44. The number of rotatable bonds is 1. The van der Waals surface area contributed by atoms with E-state index in [0.29, 0.717) is 11.5 Å². The molecule has 4 heteroatoms. The molecule has 1 aromatic carbocycles. The van der Waals surface area contributed by atoms with Crippen LogP contribution in [0.15, 0.2) is 27.4 Å². The van der Waals surface area contributed by atoms with Crippen LogP contribution in [0, 0.1) is 6.92 Å². The van der Waals surface area contributed by atoms with Crippen molar-refractivity contribution < 1.29 is 14.3 Å². The van der Waals surface area contributed by atoms with Gasteiger partial charge in [0.1, 0.15) is 16.9 Å². The molecule has 0 saturated heterocycles. The monoisotopic (exact) mass is 207 g/mol. The third-order valence-electron chi connectivity index (χ3n) is 2.16. The first-order valence-electron chi connectivity index (χ1n) is 4.44. The fourth-order valence-electron chi connectivity index (χ4n) is 1.50. The Kier molecular flexibility index (Phi) is 2.11. The van der Waals surface area contributed by atoms with E-state index in [2.05, 4.69) is 0 Å². The fourth-order valence-corrected chi connectivity index (χ4v) is 1.50. The van der Waals surface area contributed by atoms with Crippen LogP contribution in [0.25, 0.3) is 11.0 Å². The number of aryl methyl sites for hydroxylation is 1. The van der Waals surface area contributed by atoms with Crippen molar-refractivity contribution in [2.45, 2.75) is 6.92 Å². The molecule has 0 aliphatic carbocycles. The van der Waals surface area contributed by atoms with Gasteiger partial charge in [-0.2, -0.15) is 0 Å². The van der Waals surface area contributed by atoms with Gasteiger partial charge in [-0.05, 0) is 19.1 Å². The summed E-state index contributed by atoms with van der Waals surface area (Å²) in [6.45, 7) is 1.67. The highest BCUT2D eigenvalue weighted by molar-refractivity contribution is 5.87. The number of fused-ring (bicyclic) bond motifs is 1. The Balaban J connectivity index is 3.00. The normalized spacial score (nSPS) is 10.5. The summed E-state index contributed by atoms with van der Waals surface area (Å²) in [6, 6.07) is 4.30. The lowest BCUT2D eigenvalue weighted by atomic mass is 10.2. The lowest BCUT2D eigenvalue weighted by molar-refractivity contribution is 0.405. The van der Waals surface area contributed by atoms with Crippen LogP contribution < -0.4 is 10.2 Å². The van der Waals surface area contributed by atoms with Gasteiger partial charge in [0.15, 0.2) is 16.8 Å². The molecule has 0 bridgehead atoms. The summed E-state index contributed by atoms with van der Waals surface area (Å²) in [5.74, 6) is 0.819. The maximum atomic E-state index is 11.6. The lowest BCUT2D eigenvalue weighted by Crippen LogP contribution is -2.01. The highest BCUT2D eigenvalue weighted by Gasteiger charge is 2.12. The van der Waals surface area contributed by atoms with Crippen LogP contribution in [0.3, 0.4) is 0 Å². The van der Waals surface area contributed by atoms with Gasteiger partial charge in [0.05, 0.1) is 7.11 Å². The quantitative estimate of drug-likeness (QED) is 0.774. The largest absolute Gasteiger partial charge is 0.507 e. The van der Waals surface area contributed by atoms with Crippen molar-refractivity contribution in [3.05, 3.63) is 34.2 Å². The van der Waals surface area contributed by atoms with Gasteiger partial charge < -0.3 is 14.3 Å². The smallest absolute Gasteiger partial charge is 0.196 e. The summed E-state index contributed by atoms with van der Waals surface area (Å²) >= 11 is 0. The van der Waals surface area contributed by atoms with Crippen LogP contribution in [0.4, 0.5) is 0 Å². The van der Waals surface area contributed by atoms with Crippen LogP contribution in [0.1, 0.15) is 5.76 Å². The van der Waals surface area contributed by atoms with Gasteiger partial charge in [-0.3, -0.25) is 4.79 Å². The number of phenolic OH excluding ortho intramolecular Hbond substituents is 1. The Labute approximate surface area is 85.7 Å². The summed E-state index contributed by atoms with van der Waals surface area (Å²) in [7, 11) is 1.48. The fraction of sp³-hybridized carbons (Fsp3) is 0.182.